The third-order valence-electron chi connectivity index (χ3n) is 1.93. The van der Waals surface area contributed by atoms with Gasteiger partial charge in [0.05, 0.1) is 7.11 Å². The summed E-state index contributed by atoms with van der Waals surface area (Å²) in [4.78, 5) is 32.5. The van der Waals surface area contributed by atoms with Crippen molar-refractivity contribution in [2.45, 2.75) is 31.8 Å². The van der Waals surface area contributed by atoms with Gasteiger partial charge in [0.15, 0.2) is 0 Å². The lowest BCUT2D eigenvalue weighted by molar-refractivity contribution is -0.144. The van der Waals surface area contributed by atoms with Crippen molar-refractivity contribution in [3.8, 4) is 0 Å². The van der Waals surface area contributed by atoms with Gasteiger partial charge < -0.3 is 20.9 Å². The Bertz CT molecular complexity index is 279. The minimum absolute atomic E-state index is 0.0229. The van der Waals surface area contributed by atoms with E-state index in [1.54, 1.807) is 0 Å². The average molecular weight is 232 g/mol. The second-order valence-electron chi connectivity index (χ2n) is 3.30. The van der Waals surface area contributed by atoms with E-state index in [0.717, 1.165) is 0 Å². The van der Waals surface area contributed by atoms with Crippen LogP contribution in [0.25, 0.3) is 0 Å². The van der Waals surface area contributed by atoms with Gasteiger partial charge in [0.25, 0.3) is 0 Å². The van der Waals surface area contributed by atoms with Gasteiger partial charge in [-0.3, -0.25) is 9.59 Å². The van der Waals surface area contributed by atoms with E-state index >= 15 is 0 Å². The number of carboxylic acids is 1. The standard InChI is InChI=1S/C9H16N2O5/c1-5(9(15)16-2)11-7(12)4-3-6(10)8(13)14/h5-6H,3-4,10H2,1-2H3,(H,11,12)(H,13,14). The molecule has 0 aliphatic carbocycles. The molecule has 0 bridgehead atoms. The first-order chi connectivity index (χ1) is 7.38. The van der Waals surface area contributed by atoms with Gasteiger partial charge in [0.1, 0.15) is 12.1 Å². The fraction of sp³-hybridized carbons (Fsp3) is 0.667. The van der Waals surface area contributed by atoms with E-state index < -0.39 is 29.9 Å². The van der Waals surface area contributed by atoms with Crippen LogP contribution >= 0.6 is 0 Å². The molecule has 0 rings (SSSR count). The number of aliphatic carboxylic acids is 1. The maximum Gasteiger partial charge on any atom is 0.328 e. The molecule has 1 amide bonds. The van der Waals surface area contributed by atoms with Gasteiger partial charge in [-0.05, 0) is 13.3 Å². The summed E-state index contributed by atoms with van der Waals surface area (Å²) in [5.41, 5.74) is 5.21. The highest BCUT2D eigenvalue weighted by Gasteiger charge is 2.17. The van der Waals surface area contributed by atoms with Crippen LogP contribution in [0.1, 0.15) is 19.8 Å². The van der Waals surface area contributed by atoms with Crippen LogP contribution in [0, 0.1) is 0 Å². The molecular formula is C9H16N2O5. The summed E-state index contributed by atoms with van der Waals surface area (Å²) < 4.78 is 4.40. The lowest BCUT2D eigenvalue weighted by Crippen LogP contribution is -2.40. The van der Waals surface area contributed by atoms with E-state index in [0.29, 0.717) is 0 Å². The first-order valence-electron chi connectivity index (χ1n) is 4.74. The molecule has 0 aromatic heterocycles. The smallest absolute Gasteiger partial charge is 0.328 e. The second kappa shape index (κ2) is 6.78. The van der Waals surface area contributed by atoms with Crippen molar-refractivity contribution in [2.24, 2.45) is 5.73 Å². The molecule has 4 N–H and O–H groups in total. The Labute approximate surface area is 92.9 Å². The highest BCUT2D eigenvalue weighted by molar-refractivity contribution is 5.84. The molecule has 0 radical (unpaired) electrons. The number of ether oxygens (including phenoxy) is 1. The molecular weight excluding hydrogens is 216 g/mol. The third-order valence-corrected chi connectivity index (χ3v) is 1.93. The van der Waals surface area contributed by atoms with Crippen LogP contribution in [0.15, 0.2) is 0 Å². The largest absolute Gasteiger partial charge is 0.480 e. The summed E-state index contributed by atoms with van der Waals surface area (Å²) in [5, 5.41) is 10.8. The van der Waals surface area contributed by atoms with Gasteiger partial charge in [-0.15, -0.1) is 0 Å². The van der Waals surface area contributed by atoms with E-state index in [-0.39, 0.29) is 12.8 Å². The van der Waals surface area contributed by atoms with Gasteiger partial charge in [-0.25, -0.2) is 4.79 Å². The third kappa shape index (κ3) is 5.30. The highest BCUT2D eigenvalue weighted by atomic mass is 16.5. The van der Waals surface area contributed by atoms with Gasteiger partial charge in [0, 0.05) is 6.42 Å². The van der Waals surface area contributed by atoms with E-state index in [1.807, 2.05) is 0 Å². The number of amides is 1. The maximum atomic E-state index is 11.2. The number of esters is 1. The Balaban J connectivity index is 3.91. The highest BCUT2D eigenvalue weighted by Crippen LogP contribution is 1.96. The van der Waals surface area contributed by atoms with Crippen LogP contribution < -0.4 is 11.1 Å². The molecule has 0 saturated carbocycles. The van der Waals surface area contributed by atoms with Crippen molar-refractivity contribution in [3.63, 3.8) is 0 Å². The molecule has 0 aliphatic heterocycles. The summed E-state index contributed by atoms with van der Waals surface area (Å²) in [6.07, 6.45) is -0.0239. The molecule has 2 atom stereocenters. The minimum atomic E-state index is -1.16. The molecule has 0 aromatic carbocycles. The molecule has 0 saturated heterocycles. The molecule has 0 heterocycles. The molecule has 2 unspecified atom stereocenters. The van der Waals surface area contributed by atoms with Crippen molar-refractivity contribution in [2.75, 3.05) is 7.11 Å². The zero-order valence-corrected chi connectivity index (χ0v) is 9.23. The summed E-state index contributed by atoms with van der Waals surface area (Å²) in [7, 11) is 1.21. The van der Waals surface area contributed by atoms with E-state index in [2.05, 4.69) is 10.1 Å². The zero-order valence-electron chi connectivity index (χ0n) is 9.23. The number of nitrogens with two attached hydrogens (primary N) is 1. The van der Waals surface area contributed by atoms with Gasteiger partial charge in [0.2, 0.25) is 5.91 Å². The number of hydrogen-bond donors (Lipinski definition) is 3. The Morgan fingerprint density at radius 3 is 2.44 bits per heavy atom. The number of methoxy groups -OCH3 is 1. The van der Waals surface area contributed by atoms with Crippen molar-refractivity contribution in [3.05, 3.63) is 0 Å². The van der Waals surface area contributed by atoms with Crippen LogP contribution in [0.2, 0.25) is 0 Å². The van der Waals surface area contributed by atoms with Crippen LogP contribution in [0.3, 0.4) is 0 Å². The van der Waals surface area contributed by atoms with E-state index in [9.17, 15) is 14.4 Å². The maximum absolute atomic E-state index is 11.2. The number of hydrogen-bond acceptors (Lipinski definition) is 5. The number of carbonyl (C=O) groups is 3. The SMILES string of the molecule is COC(=O)C(C)NC(=O)CCC(N)C(=O)O. The summed E-state index contributed by atoms with van der Waals surface area (Å²) in [5.74, 6) is -2.15. The Hall–Kier alpha value is -1.63. The van der Waals surface area contributed by atoms with Gasteiger partial charge in [-0.2, -0.15) is 0 Å². The predicted octanol–water partition coefficient (Wildman–Crippen LogP) is -1.14. The molecule has 0 aromatic rings. The lowest BCUT2D eigenvalue weighted by Gasteiger charge is -2.12. The van der Waals surface area contributed by atoms with Crippen molar-refractivity contribution >= 4 is 17.8 Å². The fourth-order valence-corrected chi connectivity index (χ4v) is 0.959. The number of nitrogens with one attached hydrogen (secondary N) is 1. The Kier molecular flexibility index (Phi) is 6.09. The van der Waals surface area contributed by atoms with E-state index in [4.69, 9.17) is 10.8 Å². The number of carbonyl (C=O) groups excluding carboxylic acids is 2. The quantitative estimate of drug-likeness (QED) is 0.498. The average Bonchev–Trinajstić information content (AvgIpc) is 2.24. The van der Waals surface area contributed by atoms with Gasteiger partial charge in [-0.1, -0.05) is 0 Å². The van der Waals surface area contributed by atoms with Crippen LogP contribution in [0.4, 0.5) is 0 Å². The lowest BCUT2D eigenvalue weighted by atomic mass is 10.1. The molecule has 0 spiro atoms. The van der Waals surface area contributed by atoms with Crippen molar-refractivity contribution in [1.82, 2.24) is 5.32 Å². The minimum Gasteiger partial charge on any atom is -0.480 e. The fourth-order valence-electron chi connectivity index (χ4n) is 0.959. The van der Waals surface area contributed by atoms with Gasteiger partial charge >= 0.3 is 11.9 Å². The normalized spacial score (nSPS) is 13.7. The summed E-state index contributed by atoms with van der Waals surface area (Å²) in [6, 6.07) is -1.82. The van der Waals surface area contributed by atoms with Crippen molar-refractivity contribution < 1.29 is 24.2 Å². The summed E-state index contributed by atoms with van der Waals surface area (Å²) in [6.45, 7) is 1.47. The van der Waals surface area contributed by atoms with Crippen LogP contribution in [0.5, 0.6) is 0 Å². The topological polar surface area (TPSA) is 119 Å². The molecule has 7 nitrogen and oxygen atoms in total. The number of rotatable bonds is 6. The van der Waals surface area contributed by atoms with E-state index in [1.165, 1.54) is 14.0 Å². The first kappa shape index (κ1) is 14.4. The first-order valence-corrected chi connectivity index (χ1v) is 4.74. The molecule has 0 aliphatic rings. The van der Waals surface area contributed by atoms with Crippen LogP contribution in [-0.4, -0.2) is 42.1 Å². The molecule has 7 heteroatoms. The summed E-state index contributed by atoms with van der Waals surface area (Å²) >= 11 is 0. The Morgan fingerprint density at radius 1 is 1.44 bits per heavy atom. The molecule has 92 valence electrons. The Morgan fingerprint density at radius 2 is 2.00 bits per heavy atom. The van der Waals surface area contributed by atoms with Crippen LogP contribution in [-0.2, 0) is 19.1 Å². The monoisotopic (exact) mass is 232 g/mol. The second-order valence-corrected chi connectivity index (χ2v) is 3.30. The zero-order chi connectivity index (χ0) is 12.7. The van der Waals surface area contributed by atoms with Crippen molar-refractivity contribution in [1.29, 1.82) is 0 Å². The predicted molar refractivity (Wildman–Crippen MR) is 54.5 cm³/mol. The molecule has 0 fully saturated rings. The molecule has 16 heavy (non-hydrogen) atoms. The number of carboxylic acid groups (broad SMARTS) is 1.